The zero-order chi connectivity index (χ0) is 28.8. The summed E-state index contributed by atoms with van der Waals surface area (Å²) in [7, 11) is 0. The van der Waals surface area contributed by atoms with Gasteiger partial charge in [-0.15, -0.1) is 0 Å². The summed E-state index contributed by atoms with van der Waals surface area (Å²) in [4.78, 5) is 23.3. The zero-order valence-electron chi connectivity index (χ0n) is 24.9. The normalized spacial score (nSPS) is 11.8. The Morgan fingerprint density at radius 1 is 1.00 bits per heavy atom. The van der Waals surface area contributed by atoms with E-state index in [4.69, 9.17) is 4.74 Å². The molecule has 0 saturated carbocycles. The second-order valence-electron chi connectivity index (χ2n) is 10.7. The van der Waals surface area contributed by atoms with Crippen LogP contribution >= 0.6 is 0 Å². The van der Waals surface area contributed by atoms with Crippen LogP contribution in [0.5, 0.6) is 5.75 Å². The molecule has 0 aliphatic rings. The minimum absolute atomic E-state index is 0.157. The van der Waals surface area contributed by atoms with Crippen molar-refractivity contribution in [2.75, 3.05) is 32.8 Å². The van der Waals surface area contributed by atoms with E-state index in [1.54, 1.807) is 15.7 Å². The summed E-state index contributed by atoms with van der Waals surface area (Å²) in [5.74, 6) is -0.605. The first-order chi connectivity index (χ1) is 19.5. The SMILES string of the molecule is CCC[CH2][Sn]([CH2]CCC)([CH2]CCC)[c]1ccc2nc(C(=O)NCCN(CC)CCOc3cccnc3F)cn2c1. The number of unbranched alkanes of at least 4 members (excludes halogenated alkanes) is 3. The number of hydrogen-bond acceptors (Lipinski definition) is 5. The van der Waals surface area contributed by atoms with Crippen LogP contribution in [0.3, 0.4) is 0 Å². The third-order valence-electron chi connectivity index (χ3n) is 7.87. The molecule has 0 fully saturated rings. The summed E-state index contributed by atoms with van der Waals surface area (Å²) < 4.78 is 27.1. The molecule has 1 amide bonds. The third-order valence-corrected chi connectivity index (χ3v) is 23.4. The molecule has 0 unspecified atom stereocenters. The van der Waals surface area contributed by atoms with Crippen molar-refractivity contribution in [3.05, 3.63) is 54.5 Å². The number of nitrogens with zero attached hydrogens (tertiary/aromatic N) is 4. The third kappa shape index (κ3) is 9.16. The number of carbonyl (C=O) groups is 1. The van der Waals surface area contributed by atoms with Crippen LogP contribution in [0, 0.1) is 5.95 Å². The molecule has 0 aliphatic carbocycles. The van der Waals surface area contributed by atoms with E-state index in [-0.39, 0.29) is 11.7 Å². The fourth-order valence-corrected chi connectivity index (χ4v) is 21.2. The Bertz CT molecular complexity index is 1170. The molecule has 40 heavy (non-hydrogen) atoms. The first kappa shape index (κ1) is 32.3. The number of likely N-dealkylation sites (N-methyl/N-ethyl adjacent to an activating group) is 1. The van der Waals surface area contributed by atoms with Gasteiger partial charge in [0.1, 0.15) is 0 Å². The second kappa shape index (κ2) is 16.9. The number of fused-ring (bicyclic) bond motifs is 1. The van der Waals surface area contributed by atoms with Crippen molar-refractivity contribution in [3.63, 3.8) is 0 Å². The quantitative estimate of drug-likeness (QED) is 0.125. The van der Waals surface area contributed by atoms with Crippen molar-refractivity contribution < 1.29 is 13.9 Å². The molecule has 7 nitrogen and oxygen atoms in total. The topological polar surface area (TPSA) is 71.8 Å². The Kier molecular flexibility index (Phi) is 13.7. The molecule has 220 valence electrons. The minimum atomic E-state index is -2.56. The van der Waals surface area contributed by atoms with Gasteiger partial charge >= 0.3 is 200 Å². The standard InChI is InChI=1S/C19H21FN5O2.3C4H9.Sn/c1-2-24(12-13-27-16-6-5-8-21-18(16)20)11-9-22-19(26)15-14-25-10-4-3-7-17(25)23-15;3*1-3-4-2;/h3,5-8,10,14H,2,9,11-13H2,1H3,(H,22,26);3*1,3-4H2,2H3;. The van der Waals surface area contributed by atoms with Crippen LogP contribution in [0.4, 0.5) is 4.39 Å². The summed E-state index contributed by atoms with van der Waals surface area (Å²) in [5, 5.41) is 3.02. The fraction of sp³-hybridized carbons (Fsp3) is 0.581. The van der Waals surface area contributed by atoms with Gasteiger partial charge in [0.15, 0.2) is 5.75 Å². The molecule has 0 radical (unpaired) electrons. The van der Waals surface area contributed by atoms with E-state index in [1.807, 2.05) is 6.20 Å². The van der Waals surface area contributed by atoms with Crippen molar-refractivity contribution in [1.29, 1.82) is 0 Å². The summed E-state index contributed by atoms with van der Waals surface area (Å²) in [5.41, 5.74) is 1.28. The summed E-state index contributed by atoms with van der Waals surface area (Å²) in [6.45, 7) is 11.9. The van der Waals surface area contributed by atoms with E-state index in [9.17, 15) is 9.18 Å². The molecule has 3 rings (SSSR count). The molecule has 0 spiro atoms. The average molecular weight is 660 g/mol. The monoisotopic (exact) mass is 661 g/mol. The predicted octanol–water partition coefficient (Wildman–Crippen LogP) is 6.06. The van der Waals surface area contributed by atoms with Crippen LogP contribution in [0.1, 0.15) is 76.7 Å². The van der Waals surface area contributed by atoms with Gasteiger partial charge in [0.05, 0.1) is 0 Å². The number of ether oxygens (including phenoxy) is 1. The van der Waals surface area contributed by atoms with Gasteiger partial charge in [-0.3, -0.25) is 0 Å². The Hall–Kier alpha value is -2.20. The summed E-state index contributed by atoms with van der Waals surface area (Å²) in [6.07, 6.45) is 13.3. The molecule has 9 heteroatoms. The molecule has 1 N–H and O–H groups in total. The van der Waals surface area contributed by atoms with Crippen molar-refractivity contribution >= 4 is 33.5 Å². The number of halogens is 1. The number of imidazole rings is 1. The van der Waals surface area contributed by atoms with Crippen LogP contribution in [0.15, 0.2) is 42.9 Å². The fourth-order valence-electron chi connectivity index (χ4n) is 5.38. The van der Waals surface area contributed by atoms with Crippen molar-refractivity contribution in [1.82, 2.24) is 24.6 Å². The van der Waals surface area contributed by atoms with Crippen LogP contribution in [-0.4, -0.2) is 76.3 Å². The molecule has 3 aromatic rings. The molecular weight excluding hydrogens is 612 g/mol. The van der Waals surface area contributed by atoms with Crippen LogP contribution < -0.4 is 13.6 Å². The van der Waals surface area contributed by atoms with Gasteiger partial charge in [-0.25, -0.2) is 4.98 Å². The Morgan fingerprint density at radius 2 is 1.70 bits per heavy atom. The molecule has 0 saturated heterocycles. The molecule has 0 bridgehead atoms. The Morgan fingerprint density at radius 3 is 2.33 bits per heavy atom. The van der Waals surface area contributed by atoms with Crippen LogP contribution in [0.25, 0.3) is 5.65 Å². The number of aromatic nitrogens is 3. The molecular formula is C31H48FN5O2Sn. The van der Waals surface area contributed by atoms with Gasteiger partial charge in [0, 0.05) is 6.20 Å². The number of amides is 1. The zero-order valence-corrected chi connectivity index (χ0v) is 27.8. The van der Waals surface area contributed by atoms with Crippen LogP contribution in [0.2, 0.25) is 13.3 Å². The van der Waals surface area contributed by atoms with E-state index in [1.165, 1.54) is 58.0 Å². The first-order valence-electron chi connectivity index (χ1n) is 15.2. The van der Waals surface area contributed by atoms with E-state index < -0.39 is 24.3 Å². The molecule has 0 aromatic carbocycles. The molecule has 3 aromatic heterocycles. The van der Waals surface area contributed by atoms with Crippen molar-refractivity contribution in [2.24, 2.45) is 0 Å². The Labute approximate surface area is 243 Å². The second-order valence-corrected chi connectivity index (χ2v) is 24.0. The number of rotatable bonds is 19. The number of hydrogen-bond donors (Lipinski definition) is 1. The average Bonchev–Trinajstić information content (AvgIpc) is 3.41. The van der Waals surface area contributed by atoms with E-state index in [0.717, 1.165) is 12.2 Å². The maximum absolute atomic E-state index is 13.7. The summed E-state index contributed by atoms with van der Waals surface area (Å²) >= 11 is -2.56. The van der Waals surface area contributed by atoms with Crippen LogP contribution in [-0.2, 0) is 0 Å². The number of carbonyl (C=O) groups excluding carboxylic acids is 1. The van der Waals surface area contributed by atoms with Gasteiger partial charge in [-0.2, -0.15) is 4.39 Å². The van der Waals surface area contributed by atoms with E-state index in [2.05, 4.69) is 70.6 Å². The van der Waals surface area contributed by atoms with Gasteiger partial charge < -0.3 is 4.74 Å². The molecule has 3 heterocycles. The van der Waals surface area contributed by atoms with Crippen molar-refractivity contribution in [3.8, 4) is 5.75 Å². The van der Waals surface area contributed by atoms with Gasteiger partial charge in [-0.1, -0.05) is 0 Å². The first-order valence-corrected chi connectivity index (χ1v) is 22.7. The predicted molar refractivity (Wildman–Crippen MR) is 164 cm³/mol. The maximum atomic E-state index is 13.7. The summed E-state index contributed by atoms with van der Waals surface area (Å²) in [6, 6.07) is 7.67. The van der Waals surface area contributed by atoms with Gasteiger partial charge in [0.25, 0.3) is 5.95 Å². The van der Waals surface area contributed by atoms with E-state index in [0.29, 0.717) is 31.9 Å². The van der Waals surface area contributed by atoms with Gasteiger partial charge in [0.2, 0.25) is 0 Å². The number of nitrogens with one attached hydrogen (secondary N) is 1. The van der Waals surface area contributed by atoms with Gasteiger partial charge in [-0.05, 0) is 12.1 Å². The van der Waals surface area contributed by atoms with Crippen molar-refractivity contribution in [2.45, 2.75) is 79.5 Å². The Balaban J connectivity index is 1.61. The van der Waals surface area contributed by atoms with E-state index >= 15 is 0 Å². The number of pyridine rings is 2. The molecule has 0 aliphatic heterocycles. The molecule has 0 atom stereocenters.